The molecule has 0 atom stereocenters. The minimum absolute atomic E-state index is 0.760. The Labute approximate surface area is 37.5 Å². The number of rotatable bonds is 2. The van der Waals surface area contributed by atoms with Crippen molar-refractivity contribution < 1.29 is 5.21 Å². The van der Waals surface area contributed by atoms with Crippen LogP contribution in [0.1, 0.15) is 12.8 Å². The van der Waals surface area contributed by atoms with Gasteiger partial charge in [0.15, 0.2) is 0 Å². The fourth-order valence-electron chi connectivity index (χ4n) is 0.149. The van der Waals surface area contributed by atoms with Gasteiger partial charge in [-0.15, -0.1) is 5.16 Å². The summed E-state index contributed by atoms with van der Waals surface area (Å²) in [4.78, 5) is 0. The van der Waals surface area contributed by atoms with Crippen LogP contribution in [0.4, 0.5) is 0 Å². The average Bonchev–Trinajstić information content (AvgIpc) is 1.61. The maximum atomic E-state index is 7.74. The van der Waals surface area contributed by atoms with Gasteiger partial charge in [0, 0.05) is 6.21 Å². The zero-order valence-corrected chi connectivity index (χ0v) is 3.59. The van der Waals surface area contributed by atoms with Gasteiger partial charge < -0.3 is 5.21 Å². The molecule has 0 spiro atoms. The van der Waals surface area contributed by atoms with E-state index in [1.165, 1.54) is 6.21 Å². The molecule has 0 unspecified atom stereocenters. The molecule has 0 bridgehead atoms. The first-order valence-electron chi connectivity index (χ1n) is 1.87. The lowest BCUT2D eigenvalue weighted by atomic mass is 10.4. The van der Waals surface area contributed by atoms with Crippen LogP contribution in [-0.4, -0.2) is 11.4 Å². The predicted octanol–water partition coefficient (Wildman–Crippen LogP) is 1.06. The largest absolute Gasteiger partial charge is 0.411 e. The highest BCUT2D eigenvalue weighted by molar-refractivity contribution is 5.55. The maximum absolute atomic E-state index is 7.74. The lowest BCUT2D eigenvalue weighted by Crippen LogP contribution is -1.68. The normalized spacial score (nSPS) is 10.2. The number of unbranched alkanes of at least 4 members (excludes halogenated alkanes) is 1. The van der Waals surface area contributed by atoms with Gasteiger partial charge >= 0.3 is 0 Å². The molecule has 0 rings (SSSR count). The molecule has 0 aromatic rings. The van der Waals surface area contributed by atoms with Crippen molar-refractivity contribution in [1.29, 1.82) is 0 Å². The highest BCUT2D eigenvalue weighted by atomic mass is 16.4. The minimum Gasteiger partial charge on any atom is -0.411 e. The van der Waals surface area contributed by atoms with Crippen LogP contribution in [-0.2, 0) is 0 Å². The van der Waals surface area contributed by atoms with Gasteiger partial charge in [-0.1, -0.05) is 6.92 Å². The molecule has 0 heterocycles. The van der Waals surface area contributed by atoms with E-state index in [9.17, 15) is 0 Å². The summed E-state index contributed by atoms with van der Waals surface area (Å²) in [6.07, 6.45) is 2.98. The Bertz CT molecular complexity index is 42.8. The van der Waals surface area contributed by atoms with Crippen LogP contribution in [0.15, 0.2) is 5.16 Å². The fourth-order valence-corrected chi connectivity index (χ4v) is 0.149. The van der Waals surface area contributed by atoms with Gasteiger partial charge in [0.2, 0.25) is 0 Å². The molecule has 2 heteroatoms. The van der Waals surface area contributed by atoms with Gasteiger partial charge in [-0.05, 0) is 12.8 Å². The average molecular weight is 86.1 g/mol. The number of oxime groups is 1. The summed E-state index contributed by atoms with van der Waals surface area (Å²) in [5, 5.41) is 10.5. The Hall–Kier alpha value is -0.530. The molecule has 0 aliphatic carbocycles. The highest BCUT2D eigenvalue weighted by Crippen LogP contribution is 1.76. The lowest BCUT2D eigenvalue weighted by Gasteiger charge is -1.74. The molecular formula is C4H8NO. The van der Waals surface area contributed by atoms with Crippen LogP contribution in [0.3, 0.4) is 0 Å². The summed E-state index contributed by atoms with van der Waals surface area (Å²) in [5.74, 6) is 0. The molecule has 0 saturated carbocycles. The van der Waals surface area contributed by atoms with E-state index in [0.29, 0.717) is 0 Å². The van der Waals surface area contributed by atoms with Crippen molar-refractivity contribution >= 4 is 6.21 Å². The van der Waals surface area contributed by atoms with Gasteiger partial charge in [0.05, 0.1) is 0 Å². The van der Waals surface area contributed by atoms with E-state index in [2.05, 4.69) is 12.1 Å². The quantitative estimate of drug-likeness (QED) is 0.304. The van der Waals surface area contributed by atoms with E-state index >= 15 is 0 Å². The van der Waals surface area contributed by atoms with Gasteiger partial charge in [0.25, 0.3) is 0 Å². The molecule has 1 radical (unpaired) electrons. The Morgan fingerprint density at radius 2 is 2.50 bits per heavy atom. The highest BCUT2D eigenvalue weighted by Gasteiger charge is 1.67. The summed E-state index contributed by atoms with van der Waals surface area (Å²) in [6.45, 7) is 3.52. The topological polar surface area (TPSA) is 32.6 Å². The van der Waals surface area contributed by atoms with Crippen LogP contribution in [0.5, 0.6) is 0 Å². The van der Waals surface area contributed by atoms with Crippen molar-refractivity contribution in [3.63, 3.8) is 0 Å². The third-order valence-electron chi connectivity index (χ3n) is 0.415. The van der Waals surface area contributed by atoms with Gasteiger partial charge in [0.1, 0.15) is 0 Å². The standard InChI is InChI=1S/C4H8NO/c1-2-3-4-5-6/h4,6H,1-3H2/b5-4-. The third kappa shape index (κ3) is 3.47. The Morgan fingerprint density at radius 3 is 2.67 bits per heavy atom. The van der Waals surface area contributed by atoms with E-state index in [1.54, 1.807) is 0 Å². The van der Waals surface area contributed by atoms with Crippen LogP contribution < -0.4 is 0 Å². The number of hydrogen-bond donors (Lipinski definition) is 1. The van der Waals surface area contributed by atoms with Crippen molar-refractivity contribution in [2.75, 3.05) is 0 Å². The second-order valence-electron chi connectivity index (χ2n) is 0.940. The molecule has 35 valence electrons. The summed E-state index contributed by atoms with van der Waals surface area (Å²) in [7, 11) is 0. The van der Waals surface area contributed by atoms with Crippen molar-refractivity contribution in [3.05, 3.63) is 6.92 Å². The minimum atomic E-state index is 0.760. The first-order valence-corrected chi connectivity index (χ1v) is 1.87. The van der Waals surface area contributed by atoms with Gasteiger partial charge in [-0.2, -0.15) is 0 Å². The van der Waals surface area contributed by atoms with Crippen LogP contribution in [0.25, 0.3) is 0 Å². The zero-order valence-electron chi connectivity index (χ0n) is 3.59. The molecule has 0 amide bonds. The van der Waals surface area contributed by atoms with Crippen molar-refractivity contribution in [2.24, 2.45) is 5.16 Å². The Morgan fingerprint density at radius 1 is 1.83 bits per heavy atom. The van der Waals surface area contributed by atoms with E-state index in [-0.39, 0.29) is 0 Å². The van der Waals surface area contributed by atoms with E-state index in [4.69, 9.17) is 5.21 Å². The van der Waals surface area contributed by atoms with Gasteiger partial charge in [-0.3, -0.25) is 0 Å². The van der Waals surface area contributed by atoms with Crippen LogP contribution in [0.2, 0.25) is 0 Å². The fraction of sp³-hybridized carbons (Fsp3) is 0.500. The number of hydrogen-bond acceptors (Lipinski definition) is 2. The lowest BCUT2D eigenvalue weighted by molar-refractivity contribution is 0.320. The van der Waals surface area contributed by atoms with Crippen molar-refractivity contribution in [2.45, 2.75) is 12.8 Å². The number of nitrogens with zero attached hydrogens (tertiary/aromatic N) is 1. The maximum Gasteiger partial charge on any atom is 0.0435 e. The molecular weight excluding hydrogens is 78.0 g/mol. The first kappa shape index (κ1) is 5.47. The van der Waals surface area contributed by atoms with E-state index < -0.39 is 0 Å². The summed E-state index contributed by atoms with van der Waals surface area (Å²) in [6, 6.07) is 0. The molecule has 0 aliphatic rings. The smallest absolute Gasteiger partial charge is 0.0435 e. The van der Waals surface area contributed by atoms with Crippen LogP contribution in [0, 0.1) is 6.92 Å². The first-order chi connectivity index (χ1) is 2.91. The van der Waals surface area contributed by atoms with Gasteiger partial charge in [-0.25, -0.2) is 0 Å². The molecule has 0 fully saturated rings. The summed E-state index contributed by atoms with van der Waals surface area (Å²) >= 11 is 0. The zero-order chi connectivity index (χ0) is 4.83. The molecule has 0 aromatic heterocycles. The van der Waals surface area contributed by atoms with Crippen molar-refractivity contribution in [1.82, 2.24) is 0 Å². The van der Waals surface area contributed by atoms with E-state index in [0.717, 1.165) is 12.8 Å². The summed E-state index contributed by atoms with van der Waals surface area (Å²) < 4.78 is 0. The van der Waals surface area contributed by atoms with Crippen molar-refractivity contribution in [3.8, 4) is 0 Å². The molecule has 1 N–H and O–H groups in total. The Kier molecular flexibility index (Phi) is 4.08. The summed E-state index contributed by atoms with van der Waals surface area (Å²) in [5.41, 5.74) is 0. The third-order valence-corrected chi connectivity index (χ3v) is 0.415. The van der Waals surface area contributed by atoms with Crippen LogP contribution >= 0.6 is 0 Å². The molecule has 0 aromatic carbocycles. The SMILES string of the molecule is [CH2]CC/C=N\O. The molecule has 0 aliphatic heterocycles. The Balaban J connectivity index is 2.66. The monoisotopic (exact) mass is 86.1 g/mol. The molecule has 2 nitrogen and oxygen atoms in total. The second-order valence-corrected chi connectivity index (χ2v) is 0.940. The molecule has 0 saturated heterocycles. The van der Waals surface area contributed by atoms with E-state index in [1.807, 2.05) is 0 Å². The predicted molar refractivity (Wildman–Crippen MR) is 24.9 cm³/mol. The molecule has 6 heavy (non-hydrogen) atoms. The second kappa shape index (κ2) is 4.47.